The van der Waals surface area contributed by atoms with Gasteiger partial charge in [0.1, 0.15) is 11.1 Å². The average Bonchev–Trinajstić information content (AvgIpc) is 2.30. The largest absolute Gasteiger partial charge is 0.430 e. The van der Waals surface area contributed by atoms with Crippen molar-refractivity contribution < 1.29 is 13.5 Å². The molecular weight excluding hydrogens is 292 g/mol. The maximum atomic E-state index is 13.1. The number of ether oxygens (including phenoxy) is 1. The fourth-order valence-corrected chi connectivity index (χ4v) is 1.63. The number of halogens is 3. The Morgan fingerprint density at radius 2 is 1.76 bits per heavy atom. The smallest absolute Gasteiger partial charge is 0.407 e. The first-order valence-electron chi connectivity index (χ1n) is 4.93. The van der Waals surface area contributed by atoms with E-state index in [0.29, 0.717) is 0 Å². The van der Waals surface area contributed by atoms with Crippen molar-refractivity contribution in [1.82, 2.24) is 0 Å². The zero-order valence-electron chi connectivity index (χ0n) is 8.79. The van der Waals surface area contributed by atoms with Crippen molar-refractivity contribution in [3.8, 4) is 5.75 Å². The van der Waals surface area contributed by atoms with Crippen LogP contribution < -0.4 is 10.5 Å². The molecule has 0 unspecified atom stereocenters. The fraction of sp³-hybridized carbons (Fsp3) is 0.167. The highest BCUT2D eigenvalue weighted by Crippen LogP contribution is 2.32. The van der Waals surface area contributed by atoms with E-state index in [2.05, 4.69) is 20.7 Å². The standard InChI is InChI=1S/C12H10BrF2NO/c13-7-12(14,15)17-11-6-9-4-2-1-3-8(9)5-10(11)16/h1-6H,7,16H2. The number of anilines is 1. The summed E-state index contributed by atoms with van der Waals surface area (Å²) in [5.41, 5.74) is 5.87. The van der Waals surface area contributed by atoms with Gasteiger partial charge >= 0.3 is 6.11 Å². The van der Waals surface area contributed by atoms with Crippen LogP contribution in [0, 0.1) is 0 Å². The summed E-state index contributed by atoms with van der Waals surface area (Å²) in [7, 11) is 0. The Morgan fingerprint density at radius 3 is 2.35 bits per heavy atom. The molecule has 0 aliphatic heterocycles. The lowest BCUT2D eigenvalue weighted by Gasteiger charge is -2.17. The monoisotopic (exact) mass is 301 g/mol. The predicted molar refractivity (Wildman–Crippen MR) is 67.7 cm³/mol. The molecule has 0 aliphatic carbocycles. The van der Waals surface area contributed by atoms with Gasteiger partial charge in [0, 0.05) is 0 Å². The molecule has 90 valence electrons. The van der Waals surface area contributed by atoms with Crippen molar-refractivity contribution in [2.45, 2.75) is 6.11 Å². The number of hydrogen-bond donors (Lipinski definition) is 1. The minimum Gasteiger partial charge on any atom is -0.430 e. The lowest BCUT2D eigenvalue weighted by atomic mass is 10.1. The molecule has 0 atom stereocenters. The van der Waals surface area contributed by atoms with Crippen LogP contribution in [-0.4, -0.2) is 11.4 Å². The second-order valence-electron chi connectivity index (χ2n) is 3.61. The normalized spacial score (nSPS) is 11.7. The molecule has 0 amide bonds. The first kappa shape index (κ1) is 12.1. The quantitative estimate of drug-likeness (QED) is 0.691. The summed E-state index contributed by atoms with van der Waals surface area (Å²) in [5, 5.41) is 1.12. The third-order valence-electron chi connectivity index (χ3n) is 2.29. The maximum absolute atomic E-state index is 13.1. The van der Waals surface area contributed by atoms with Crippen LogP contribution >= 0.6 is 15.9 Å². The second kappa shape index (κ2) is 4.49. The van der Waals surface area contributed by atoms with Crippen LogP contribution in [0.4, 0.5) is 14.5 Å². The van der Waals surface area contributed by atoms with Crippen LogP contribution in [0.3, 0.4) is 0 Å². The number of fused-ring (bicyclic) bond motifs is 1. The summed E-state index contributed by atoms with van der Waals surface area (Å²) in [4.78, 5) is 0. The summed E-state index contributed by atoms with van der Waals surface area (Å²) in [6.45, 7) is 0. The van der Waals surface area contributed by atoms with Gasteiger partial charge in [0.05, 0.1) is 5.69 Å². The zero-order valence-corrected chi connectivity index (χ0v) is 10.4. The highest BCUT2D eigenvalue weighted by Gasteiger charge is 2.30. The van der Waals surface area contributed by atoms with Gasteiger partial charge in [-0.05, 0) is 22.9 Å². The van der Waals surface area contributed by atoms with Crippen molar-refractivity contribution in [3.63, 3.8) is 0 Å². The average molecular weight is 302 g/mol. The Morgan fingerprint density at radius 1 is 1.18 bits per heavy atom. The summed E-state index contributed by atoms with van der Waals surface area (Å²) >= 11 is 2.69. The Balaban J connectivity index is 2.44. The fourth-order valence-electron chi connectivity index (χ4n) is 1.51. The minimum absolute atomic E-state index is 0.00634. The van der Waals surface area contributed by atoms with Gasteiger partial charge in [-0.2, -0.15) is 8.78 Å². The topological polar surface area (TPSA) is 35.2 Å². The molecule has 2 N–H and O–H groups in total. The van der Waals surface area contributed by atoms with E-state index in [1.165, 1.54) is 6.07 Å². The molecule has 2 nitrogen and oxygen atoms in total. The molecule has 2 aromatic carbocycles. The van der Waals surface area contributed by atoms with E-state index >= 15 is 0 Å². The van der Waals surface area contributed by atoms with E-state index < -0.39 is 11.4 Å². The lowest BCUT2D eigenvalue weighted by Crippen LogP contribution is -2.26. The molecule has 0 aliphatic rings. The highest BCUT2D eigenvalue weighted by atomic mass is 79.9. The van der Waals surface area contributed by atoms with Gasteiger partial charge < -0.3 is 10.5 Å². The number of benzene rings is 2. The number of nitrogens with two attached hydrogens (primary N) is 1. The van der Waals surface area contributed by atoms with Crippen molar-refractivity contribution in [1.29, 1.82) is 0 Å². The summed E-state index contributed by atoms with van der Waals surface area (Å²) < 4.78 is 30.8. The van der Waals surface area contributed by atoms with E-state index in [0.717, 1.165) is 10.8 Å². The van der Waals surface area contributed by atoms with Crippen molar-refractivity contribution in [3.05, 3.63) is 36.4 Å². The molecule has 0 radical (unpaired) electrons. The van der Waals surface area contributed by atoms with Crippen LogP contribution in [-0.2, 0) is 0 Å². The molecule has 0 spiro atoms. The molecule has 2 rings (SSSR count). The number of alkyl halides is 3. The van der Waals surface area contributed by atoms with E-state index in [4.69, 9.17) is 5.73 Å². The van der Waals surface area contributed by atoms with E-state index in [-0.39, 0.29) is 11.4 Å². The number of rotatable bonds is 3. The van der Waals surface area contributed by atoms with Gasteiger partial charge in [0.15, 0.2) is 0 Å². The van der Waals surface area contributed by atoms with Crippen molar-refractivity contribution >= 4 is 32.4 Å². The predicted octanol–water partition coefficient (Wildman–Crippen LogP) is 3.79. The molecule has 0 aromatic heterocycles. The van der Waals surface area contributed by atoms with Crippen molar-refractivity contribution in [2.24, 2.45) is 0 Å². The Hall–Kier alpha value is -1.36. The lowest BCUT2D eigenvalue weighted by molar-refractivity contribution is -0.152. The molecule has 0 bridgehead atoms. The number of hydrogen-bond acceptors (Lipinski definition) is 2. The first-order chi connectivity index (χ1) is 8.02. The minimum atomic E-state index is -3.27. The molecular formula is C12H10BrF2NO. The third kappa shape index (κ3) is 2.66. The number of nitrogen functional groups attached to an aromatic ring is 1. The van der Waals surface area contributed by atoms with Gasteiger partial charge in [-0.25, -0.2) is 0 Å². The second-order valence-corrected chi connectivity index (χ2v) is 4.17. The van der Waals surface area contributed by atoms with Crippen LogP contribution in [0.15, 0.2) is 36.4 Å². The van der Waals surface area contributed by atoms with Gasteiger partial charge in [-0.1, -0.05) is 40.2 Å². The SMILES string of the molecule is Nc1cc2ccccc2cc1OC(F)(F)CBr. The molecule has 5 heteroatoms. The summed E-state index contributed by atoms with van der Waals surface area (Å²) in [6.07, 6.45) is -3.27. The summed E-state index contributed by atoms with van der Waals surface area (Å²) in [6, 6.07) is 10.5. The molecule has 0 saturated carbocycles. The molecule has 17 heavy (non-hydrogen) atoms. The first-order valence-corrected chi connectivity index (χ1v) is 6.05. The van der Waals surface area contributed by atoms with Crippen LogP contribution in [0.1, 0.15) is 0 Å². The summed E-state index contributed by atoms with van der Waals surface area (Å²) in [5.74, 6) is -0.00634. The van der Waals surface area contributed by atoms with Crippen LogP contribution in [0.25, 0.3) is 10.8 Å². The molecule has 0 fully saturated rings. The van der Waals surface area contributed by atoms with Crippen LogP contribution in [0.2, 0.25) is 0 Å². The molecule has 2 aromatic rings. The maximum Gasteiger partial charge on any atom is 0.407 e. The van der Waals surface area contributed by atoms with E-state index in [1.54, 1.807) is 6.07 Å². The third-order valence-corrected chi connectivity index (χ3v) is 2.95. The Labute approximate surface area is 105 Å². The zero-order chi connectivity index (χ0) is 12.5. The van der Waals surface area contributed by atoms with Gasteiger partial charge in [-0.15, -0.1) is 0 Å². The van der Waals surface area contributed by atoms with Crippen LogP contribution in [0.5, 0.6) is 5.75 Å². The van der Waals surface area contributed by atoms with Gasteiger partial charge in [-0.3, -0.25) is 0 Å². The highest BCUT2D eigenvalue weighted by molar-refractivity contribution is 9.09. The van der Waals surface area contributed by atoms with Gasteiger partial charge in [0.25, 0.3) is 0 Å². The Kier molecular flexibility index (Phi) is 3.19. The molecule has 0 saturated heterocycles. The van der Waals surface area contributed by atoms with E-state index in [9.17, 15) is 8.78 Å². The van der Waals surface area contributed by atoms with Crippen molar-refractivity contribution in [2.75, 3.05) is 11.1 Å². The molecule has 0 heterocycles. The Bertz CT molecular complexity index is 545. The van der Waals surface area contributed by atoms with Gasteiger partial charge in [0.2, 0.25) is 0 Å². The van der Waals surface area contributed by atoms with E-state index in [1.807, 2.05) is 24.3 Å².